The van der Waals surface area contributed by atoms with Crippen LogP contribution in [0.4, 0.5) is 0 Å². The van der Waals surface area contributed by atoms with E-state index in [1.54, 1.807) is 23.1 Å². The molecule has 1 saturated heterocycles. The highest BCUT2D eigenvalue weighted by Gasteiger charge is 2.29. The van der Waals surface area contributed by atoms with Gasteiger partial charge in [-0.15, -0.1) is 11.3 Å². The molecule has 1 fully saturated rings. The van der Waals surface area contributed by atoms with Crippen molar-refractivity contribution in [1.82, 2.24) is 10.3 Å². The van der Waals surface area contributed by atoms with Crippen molar-refractivity contribution in [1.29, 1.82) is 0 Å². The van der Waals surface area contributed by atoms with Crippen molar-refractivity contribution in [3.63, 3.8) is 0 Å². The molecule has 1 aliphatic heterocycles. The number of nitrogens with one attached hydrogen (secondary N) is 1. The summed E-state index contributed by atoms with van der Waals surface area (Å²) in [6.07, 6.45) is 1.65. The number of ether oxygens (including phenoxy) is 1. The Morgan fingerprint density at radius 1 is 1.57 bits per heavy atom. The smallest absolute Gasteiger partial charge is 0.220 e. The maximum absolute atomic E-state index is 11.8. The lowest BCUT2D eigenvalue weighted by molar-refractivity contribution is -0.123. The van der Waals surface area contributed by atoms with Crippen molar-refractivity contribution in [3.8, 4) is 0 Å². The number of thioether (sulfide) groups is 1. The van der Waals surface area contributed by atoms with E-state index in [9.17, 15) is 9.90 Å². The molecule has 0 aliphatic carbocycles. The quantitative estimate of drug-likeness (QED) is 0.745. The molecule has 1 aromatic rings. The van der Waals surface area contributed by atoms with Gasteiger partial charge in [0.15, 0.2) is 0 Å². The standard InChI is InChI=1S/C14H22N2O3S2/c1-11-16-12(9-21-11)8-20-7-2-13(17)15-10-14(18)3-5-19-6-4-14/h9,18H,2-8,10H2,1H3,(H,15,17). The number of hydrogen-bond donors (Lipinski definition) is 2. The van der Waals surface area contributed by atoms with Gasteiger partial charge in [0.2, 0.25) is 5.91 Å². The first-order valence-electron chi connectivity index (χ1n) is 7.13. The summed E-state index contributed by atoms with van der Waals surface area (Å²) in [6.45, 7) is 3.45. The Balaban J connectivity index is 1.57. The Morgan fingerprint density at radius 2 is 2.33 bits per heavy atom. The van der Waals surface area contributed by atoms with Crippen molar-refractivity contribution in [2.75, 3.05) is 25.5 Å². The molecule has 5 nitrogen and oxygen atoms in total. The van der Waals surface area contributed by atoms with Crippen LogP contribution in [-0.4, -0.2) is 47.1 Å². The van der Waals surface area contributed by atoms with Crippen LogP contribution in [-0.2, 0) is 15.3 Å². The molecule has 118 valence electrons. The van der Waals surface area contributed by atoms with Gasteiger partial charge in [-0.25, -0.2) is 4.98 Å². The zero-order valence-electron chi connectivity index (χ0n) is 12.3. The third-order valence-electron chi connectivity index (χ3n) is 3.43. The molecule has 0 unspecified atom stereocenters. The van der Waals surface area contributed by atoms with Gasteiger partial charge in [0.05, 0.1) is 16.3 Å². The highest BCUT2D eigenvalue weighted by molar-refractivity contribution is 7.98. The lowest BCUT2D eigenvalue weighted by Gasteiger charge is -2.32. The fraction of sp³-hybridized carbons (Fsp3) is 0.714. The molecule has 0 radical (unpaired) electrons. The van der Waals surface area contributed by atoms with Crippen molar-refractivity contribution in [2.24, 2.45) is 0 Å². The molecule has 1 amide bonds. The Bertz CT molecular complexity index is 459. The molecule has 0 spiro atoms. The highest BCUT2D eigenvalue weighted by atomic mass is 32.2. The van der Waals surface area contributed by atoms with Crippen LogP contribution in [0.25, 0.3) is 0 Å². The first-order chi connectivity index (χ1) is 10.1. The van der Waals surface area contributed by atoms with Gasteiger partial charge in [-0.1, -0.05) is 0 Å². The van der Waals surface area contributed by atoms with Crippen molar-refractivity contribution in [3.05, 3.63) is 16.1 Å². The average molecular weight is 330 g/mol. The van der Waals surface area contributed by atoms with E-state index in [1.807, 2.05) is 6.92 Å². The average Bonchev–Trinajstić information content (AvgIpc) is 2.88. The molecule has 2 N–H and O–H groups in total. The predicted octanol–water partition coefficient (Wildman–Crippen LogP) is 1.73. The molecule has 0 aromatic carbocycles. The lowest BCUT2D eigenvalue weighted by Crippen LogP contribution is -2.46. The summed E-state index contributed by atoms with van der Waals surface area (Å²) in [5, 5.41) is 16.2. The van der Waals surface area contributed by atoms with Gasteiger partial charge in [0.1, 0.15) is 0 Å². The van der Waals surface area contributed by atoms with Gasteiger partial charge >= 0.3 is 0 Å². The number of aliphatic hydroxyl groups is 1. The van der Waals surface area contributed by atoms with Gasteiger partial charge in [0, 0.05) is 55.9 Å². The third-order valence-corrected chi connectivity index (χ3v) is 5.24. The van der Waals surface area contributed by atoms with Crippen molar-refractivity contribution >= 4 is 29.0 Å². The van der Waals surface area contributed by atoms with Crippen molar-refractivity contribution < 1.29 is 14.6 Å². The number of nitrogens with zero attached hydrogens (tertiary/aromatic N) is 1. The predicted molar refractivity (Wildman–Crippen MR) is 85.6 cm³/mol. The third kappa shape index (κ3) is 5.94. The second kappa shape index (κ2) is 8.12. The molecule has 1 aromatic heterocycles. The fourth-order valence-electron chi connectivity index (χ4n) is 2.10. The van der Waals surface area contributed by atoms with Crippen LogP contribution in [0.2, 0.25) is 0 Å². The van der Waals surface area contributed by atoms with Crippen LogP contribution in [0.3, 0.4) is 0 Å². The van der Waals surface area contributed by atoms with Gasteiger partial charge in [-0.2, -0.15) is 11.8 Å². The van der Waals surface area contributed by atoms with E-state index in [4.69, 9.17) is 4.74 Å². The zero-order chi connectivity index (χ0) is 15.1. The lowest BCUT2D eigenvalue weighted by atomic mass is 9.94. The van der Waals surface area contributed by atoms with Crippen LogP contribution in [0, 0.1) is 6.92 Å². The SMILES string of the molecule is Cc1nc(CSCCC(=O)NCC2(O)CCOCC2)cs1. The second-order valence-corrected chi connectivity index (χ2v) is 7.44. The van der Waals surface area contributed by atoms with E-state index in [-0.39, 0.29) is 5.91 Å². The fourth-order valence-corrected chi connectivity index (χ4v) is 3.64. The first-order valence-corrected chi connectivity index (χ1v) is 9.16. The zero-order valence-corrected chi connectivity index (χ0v) is 13.9. The Hall–Kier alpha value is -0.630. The minimum atomic E-state index is -0.792. The summed E-state index contributed by atoms with van der Waals surface area (Å²) in [4.78, 5) is 16.1. The summed E-state index contributed by atoms with van der Waals surface area (Å²) in [5.41, 5.74) is 0.290. The van der Waals surface area contributed by atoms with Crippen LogP contribution in [0.1, 0.15) is 30.0 Å². The molecular weight excluding hydrogens is 308 g/mol. The normalized spacial score (nSPS) is 17.6. The Kier molecular flexibility index (Phi) is 6.47. The number of hydrogen-bond acceptors (Lipinski definition) is 6. The van der Waals surface area contributed by atoms with Crippen molar-refractivity contribution in [2.45, 2.75) is 37.5 Å². The summed E-state index contributed by atoms with van der Waals surface area (Å²) in [5.74, 6) is 1.61. The monoisotopic (exact) mass is 330 g/mol. The molecule has 2 heterocycles. The number of amides is 1. The molecule has 0 bridgehead atoms. The largest absolute Gasteiger partial charge is 0.388 e. The Morgan fingerprint density at radius 3 is 3.00 bits per heavy atom. The molecule has 0 atom stereocenters. The number of carbonyl (C=O) groups excluding carboxylic acids is 1. The summed E-state index contributed by atoms with van der Waals surface area (Å²) < 4.78 is 5.21. The van der Waals surface area contributed by atoms with E-state index < -0.39 is 5.60 Å². The van der Waals surface area contributed by atoms with Crippen LogP contribution in [0.15, 0.2) is 5.38 Å². The van der Waals surface area contributed by atoms with E-state index in [2.05, 4.69) is 15.7 Å². The molecule has 7 heteroatoms. The van der Waals surface area contributed by atoms with E-state index in [1.165, 1.54) is 0 Å². The van der Waals surface area contributed by atoms with Gasteiger partial charge in [-0.3, -0.25) is 4.79 Å². The topological polar surface area (TPSA) is 71.5 Å². The van der Waals surface area contributed by atoms with Crippen LogP contribution >= 0.6 is 23.1 Å². The summed E-state index contributed by atoms with van der Waals surface area (Å²) in [6, 6.07) is 0. The highest BCUT2D eigenvalue weighted by Crippen LogP contribution is 2.19. The minimum Gasteiger partial charge on any atom is -0.388 e. The van der Waals surface area contributed by atoms with Gasteiger partial charge in [-0.05, 0) is 6.92 Å². The van der Waals surface area contributed by atoms with Gasteiger partial charge in [0.25, 0.3) is 0 Å². The number of aryl methyl sites for hydroxylation is 1. The van der Waals surface area contributed by atoms with Crippen LogP contribution in [0.5, 0.6) is 0 Å². The van der Waals surface area contributed by atoms with E-state index in [0.717, 1.165) is 22.2 Å². The molecule has 2 rings (SSSR count). The number of aromatic nitrogens is 1. The number of rotatable bonds is 7. The number of carbonyl (C=O) groups is 1. The molecule has 21 heavy (non-hydrogen) atoms. The molecule has 0 saturated carbocycles. The van der Waals surface area contributed by atoms with Gasteiger partial charge < -0.3 is 15.2 Å². The summed E-state index contributed by atoms with van der Waals surface area (Å²) >= 11 is 3.36. The minimum absolute atomic E-state index is 0.00289. The maximum atomic E-state index is 11.8. The molecular formula is C14H22N2O3S2. The Labute approximate surface area is 133 Å². The maximum Gasteiger partial charge on any atom is 0.220 e. The van der Waals surface area contributed by atoms with E-state index >= 15 is 0 Å². The van der Waals surface area contributed by atoms with E-state index in [0.29, 0.717) is 39.0 Å². The molecule has 1 aliphatic rings. The number of thiazole rings is 1. The van der Waals surface area contributed by atoms with Crippen LogP contribution < -0.4 is 5.32 Å². The first kappa shape index (κ1) is 16.7. The second-order valence-electron chi connectivity index (χ2n) is 5.27. The summed E-state index contributed by atoms with van der Waals surface area (Å²) in [7, 11) is 0.